The summed E-state index contributed by atoms with van der Waals surface area (Å²) in [5, 5.41) is 7.69. The minimum Gasteiger partial charge on any atom is -0.363 e. The number of thiocarbonyl (C=S) groups is 1. The zero-order valence-electron chi connectivity index (χ0n) is 9.45. The van der Waals surface area contributed by atoms with Crippen LogP contribution < -0.4 is 15.5 Å². The number of hydrogen-bond acceptors (Lipinski definition) is 2. The average Bonchev–Trinajstić information content (AvgIpc) is 2.54. The molecule has 1 aromatic carbocycles. The highest BCUT2D eigenvalue weighted by molar-refractivity contribution is 7.80. The molecule has 3 nitrogen and oxygen atoms in total. The quantitative estimate of drug-likeness (QED) is 0.672. The first-order valence-electron chi connectivity index (χ1n) is 5.62. The third kappa shape index (κ3) is 1.37. The van der Waals surface area contributed by atoms with Crippen molar-refractivity contribution in [2.75, 3.05) is 10.2 Å². The molecule has 2 atom stereocenters. The van der Waals surface area contributed by atoms with Crippen molar-refractivity contribution in [3.63, 3.8) is 0 Å². The van der Waals surface area contributed by atoms with Gasteiger partial charge in [0.25, 0.3) is 0 Å². The molecule has 2 aliphatic rings. The summed E-state index contributed by atoms with van der Waals surface area (Å²) in [5.41, 5.74) is 3.67. The van der Waals surface area contributed by atoms with Crippen LogP contribution in [0.1, 0.15) is 18.9 Å². The van der Waals surface area contributed by atoms with Gasteiger partial charge in [-0.25, -0.2) is 0 Å². The van der Waals surface area contributed by atoms with Crippen LogP contribution >= 0.6 is 12.2 Å². The Morgan fingerprint density at radius 1 is 1.38 bits per heavy atom. The van der Waals surface area contributed by atoms with Crippen molar-refractivity contribution in [1.29, 1.82) is 0 Å². The lowest BCUT2D eigenvalue weighted by Gasteiger charge is -2.36. The van der Waals surface area contributed by atoms with Crippen LogP contribution in [0.2, 0.25) is 0 Å². The van der Waals surface area contributed by atoms with Crippen LogP contribution in [0.25, 0.3) is 0 Å². The van der Waals surface area contributed by atoms with Crippen molar-refractivity contribution in [2.24, 2.45) is 0 Å². The van der Waals surface area contributed by atoms with Crippen molar-refractivity contribution in [1.82, 2.24) is 5.32 Å². The Kier molecular flexibility index (Phi) is 2.07. The molecule has 84 valence electrons. The topological polar surface area (TPSA) is 27.3 Å². The van der Waals surface area contributed by atoms with Gasteiger partial charge in [0.05, 0.1) is 11.4 Å². The fourth-order valence-electron chi connectivity index (χ4n) is 2.48. The number of nitrogens with zero attached hydrogens (tertiary/aromatic N) is 1. The molecule has 0 spiro atoms. The van der Waals surface area contributed by atoms with Crippen LogP contribution in [0, 0.1) is 6.92 Å². The summed E-state index contributed by atoms with van der Waals surface area (Å²) in [5.74, 6) is 0. The van der Waals surface area contributed by atoms with E-state index in [2.05, 4.69) is 47.6 Å². The number of benzene rings is 1. The highest BCUT2D eigenvalue weighted by Crippen LogP contribution is 2.38. The van der Waals surface area contributed by atoms with Crippen LogP contribution in [-0.2, 0) is 0 Å². The van der Waals surface area contributed by atoms with Crippen LogP contribution in [0.15, 0.2) is 18.2 Å². The Bertz CT molecular complexity index is 458. The van der Waals surface area contributed by atoms with Crippen molar-refractivity contribution < 1.29 is 0 Å². The predicted octanol–water partition coefficient (Wildman–Crippen LogP) is 2.22. The molecule has 1 fully saturated rings. The third-order valence-corrected chi connectivity index (χ3v) is 3.53. The summed E-state index contributed by atoms with van der Waals surface area (Å²) in [6.07, 6.45) is 1.38. The number of rotatable bonds is 0. The molecule has 0 aliphatic carbocycles. The zero-order chi connectivity index (χ0) is 11.3. The highest BCUT2D eigenvalue weighted by Gasteiger charge is 2.36. The molecule has 0 amide bonds. The van der Waals surface area contributed by atoms with Gasteiger partial charge in [-0.2, -0.15) is 0 Å². The Morgan fingerprint density at radius 3 is 3.00 bits per heavy atom. The molecule has 0 aromatic heterocycles. The van der Waals surface area contributed by atoms with E-state index in [1.807, 2.05) is 0 Å². The monoisotopic (exact) mass is 233 g/mol. The fraction of sp³-hybridized carbons (Fsp3) is 0.417. The summed E-state index contributed by atoms with van der Waals surface area (Å²) in [6, 6.07) is 6.89. The van der Waals surface area contributed by atoms with Crippen LogP contribution in [0.4, 0.5) is 11.4 Å². The van der Waals surface area contributed by atoms with E-state index in [0.29, 0.717) is 12.2 Å². The lowest BCUT2D eigenvalue weighted by atomic mass is 10.1. The summed E-state index contributed by atoms with van der Waals surface area (Å²) in [6.45, 7) is 4.28. The number of anilines is 2. The zero-order valence-corrected chi connectivity index (χ0v) is 10.3. The van der Waals surface area contributed by atoms with Gasteiger partial charge in [-0.05, 0) is 43.8 Å². The van der Waals surface area contributed by atoms with Gasteiger partial charge in [-0.1, -0.05) is 6.07 Å². The van der Waals surface area contributed by atoms with Crippen molar-refractivity contribution in [3.05, 3.63) is 23.8 Å². The Hall–Kier alpha value is -1.29. The summed E-state index contributed by atoms with van der Waals surface area (Å²) in [7, 11) is 0. The maximum Gasteiger partial charge on any atom is 0.175 e. The first kappa shape index (κ1) is 9.90. The number of fused-ring (bicyclic) bond motifs is 3. The molecule has 2 N–H and O–H groups in total. The summed E-state index contributed by atoms with van der Waals surface area (Å²) >= 11 is 5.40. The van der Waals surface area contributed by atoms with E-state index >= 15 is 0 Å². The van der Waals surface area contributed by atoms with Gasteiger partial charge >= 0.3 is 0 Å². The Balaban J connectivity index is 2.02. The molecule has 3 rings (SSSR count). The minimum absolute atomic E-state index is 0.320. The van der Waals surface area contributed by atoms with E-state index < -0.39 is 0 Å². The van der Waals surface area contributed by atoms with Gasteiger partial charge in [-0.3, -0.25) is 4.90 Å². The molecule has 0 saturated carbocycles. The van der Waals surface area contributed by atoms with Crippen molar-refractivity contribution in [2.45, 2.75) is 32.5 Å². The standard InChI is InChI=1S/C12H15N3S/c1-7-3-4-10-9(5-7)14-11-6-8(2)13-12(16)15(10)11/h3-5,8,11,14H,6H2,1-2H3,(H,13,16). The molecular formula is C12H15N3S. The molecule has 1 aromatic rings. The van der Waals surface area contributed by atoms with E-state index in [0.717, 1.165) is 11.5 Å². The first-order valence-corrected chi connectivity index (χ1v) is 6.03. The SMILES string of the molecule is Cc1ccc2c(c1)NC1CC(C)NC(=S)N21. The molecular weight excluding hydrogens is 218 g/mol. The lowest BCUT2D eigenvalue weighted by molar-refractivity contribution is 0.517. The molecule has 2 heterocycles. The summed E-state index contributed by atoms with van der Waals surface area (Å²) in [4.78, 5) is 2.18. The fourth-order valence-corrected chi connectivity index (χ4v) is 2.90. The lowest BCUT2D eigenvalue weighted by Crippen LogP contribution is -2.56. The molecule has 2 aliphatic heterocycles. The highest BCUT2D eigenvalue weighted by atomic mass is 32.1. The third-order valence-electron chi connectivity index (χ3n) is 3.21. The van der Waals surface area contributed by atoms with Crippen molar-refractivity contribution in [3.8, 4) is 0 Å². The van der Waals surface area contributed by atoms with Gasteiger partial charge in [0, 0.05) is 12.5 Å². The first-order chi connectivity index (χ1) is 7.65. The summed E-state index contributed by atoms with van der Waals surface area (Å²) < 4.78 is 0. The smallest absolute Gasteiger partial charge is 0.175 e. The maximum absolute atomic E-state index is 5.40. The molecule has 4 heteroatoms. The van der Waals surface area contributed by atoms with E-state index in [1.54, 1.807) is 0 Å². The molecule has 16 heavy (non-hydrogen) atoms. The minimum atomic E-state index is 0.320. The second-order valence-corrected chi connectivity index (χ2v) is 5.02. The number of nitrogens with one attached hydrogen (secondary N) is 2. The maximum atomic E-state index is 5.40. The normalized spacial score (nSPS) is 26.9. The Labute approximate surface area is 101 Å². The van der Waals surface area contributed by atoms with Crippen LogP contribution in [0.5, 0.6) is 0 Å². The molecule has 1 saturated heterocycles. The van der Waals surface area contributed by atoms with E-state index in [9.17, 15) is 0 Å². The second kappa shape index (κ2) is 3.35. The Morgan fingerprint density at radius 2 is 2.19 bits per heavy atom. The van der Waals surface area contributed by atoms with Crippen molar-refractivity contribution >= 4 is 28.7 Å². The van der Waals surface area contributed by atoms with E-state index in [-0.39, 0.29) is 0 Å². The van der Waals surface area contributed by atoms with E-state index in [1.165, 1.54) is 16.9 Å². The molecule has 0 radical (unpaired) electrons. The van der Waals surface area contributed by atoms with Gasteiger partial charge < -0.3 is 10.6 Å². The number of aryl methyl sites for hydroxylation is 1. The predicted molar refractivity (Wildman–Crippen MR) is 70.9 cm³/mol. The van der Waals surface area contributed by atoms with E-state index in [4.69, 9.17) is 12.2 Å². The molecule has 2 unspecified atom stereocenters. The van der Waals surface area contributed by atoms with Gasteiger partial charge in [-0.15, -0.1) is 0 Å². The largest absolute Gasteiger partial charge is 0.363 e. The van der Waals surface area contributed by atoms with Gasteiger partial charge in [0.15, 0.2) is 5.11 Å². The van der Waals surface area contributed by atoms with Gasteiger partial charge in [0.1, 0.15) is 6.17 Å². The second-order valence-electron chi connectivity index (χ2n) is 4.64. The van der Waals surface area contributed by atoms with Crippen LogP contribution in [-0.4, -0.2) is 17.3 Å². The number of hydrogen-bond donors (Lipinski definition) is 2. The van der Waals surface area contributed by atoms with Gasteiger partial charge in [0.2, 0.25) is 0 Å². The van der Waals surface area contributed by atoms with Crippen LogP contribution in [0.3, 0.4) is 0 Å². The average molecular weight is 233 g/mol. The molecule has 0 bridgehead atoms.